The first-order chi connectivity index (χ1) is 17.2. The number of rotatable bonds is 6. The second-order valence-electron chi connectivity index (χ2n) is 8.16. The van der Waals surface area contributed by atoms with Gasteiger partial charge in [0.05, 0.1) is 11.9 Å². The maximum absolute atomic E-state index is 12.4. The quantitative estimate of drug-likeness (QED) is 0.320. The van der Waals surface area contributed by atoms with Crippen LogP contribution in [0.1, 0.15) is 34.2 Å². The van der Waals surface area contributed by atoms with Gasteiger partial charge in [-0.15, -0.1) is 13.2 Å². The molecule has 10 heteroatoms. The number of amides is 2. The van der Waals surface area contributed by atoms with E-state index in [4.69, 9.17) is 4.84 Å². The number of alkyl halides is 3. The number of oxime groups is 1. The molecule has 3 aromatic carbocycles. The van der Waals surface area contributed by atoms with E-state index in [0.717, 1.165) is 33.5 Å². The zero-order valence-corrected chi connectivity index (χ0v) is 19.5. The molecule has 36 heavy (non-hydrogen) atoms. The fourth-order valence-corrected chi connectivity index (χ4v) is 3.78. The lowest BCUT2D eigenvalue weighted by Gasteiger charge is -2.10. The number of halogens is 3. The van der Waals surface area contributed by atoms with E-state index in [9.17, 15) is 18.0 Å². The molecule has 0 radical (unpaired) electrons. The highest BCUT2D eigenvalue weighted by Gasteiger charge is 2.31. The van der Waals surface area contributed by atoms with Crippen LogP contribution in [-0.2, 0) is 6.42 Å². The molecular weight excluding hydrogens is 473 g/mol. The van der Waals surface area contributed by atoms with Gasteiger partial charge in [-0.3, -0.25) is 0 Å². The van der Waals surface area contributed by atoms with Crippen LogP contribution in [-0.4, -0.2) is 24.3 Å². The number of carbonyl (C=O) groups excluding carboxylic acids is 1. The molecule has 0 aliphatic heterocycles. The number of nitrogens with zero attached hydrogens (tertiary/aromatic N) is 2. The SMILES string of the molecule is Cc1cccc(C)c1NC(=O)N/N=C/c1ccc(O/N=C2/CCc3cc(OC(F)(F)F)ccc32)cc1. The van der Waals surface area contributed by atoms with E-state index in [2.05, 4.69) is 25.7 Å². The van der Waals surface area contributed by atoms with E-state index >= 15 is 0 Å². The molecule has 7 nitrogen and oxygen atoms in total. The van der Waals surface area contributed by atoms with Crippen molar-refractivity contribution in [1.82, 2.24) is 5.43 Å². The maximum Gasteiger partial charge on any atom is 0.573 e. The average Bonchev–Trinajstić information content (AvgIpc) is 3.22. The third-order valence-electron chi connectivity index (χ3n) is 5.49. The first-order valence-electron chi connectivity index (χ1n) is 11.1. The van der Waals surface area contributed by atoms with Crippen molar-refractivity contribution in [1.29, 1.82) is 0 Å². The second kappa shape index (κ2) is 10.5. The predicted octanol–water partition coefficient (Wildman–Crippen LogP) is 6.09. The molecule has 0 heterocycles. The van der Waals surface area contributed by atoms with Gasteiger partial charge in [-0.2, -0.15) is 5.10 Å². The minimum atomic E-state index is -4.73. The molecule has 2 amide bonds. The molecule has 0 unspecified atom stereocenters. The molecule has 186 valence electrons. The summed E-state index contributed by atoms with van der Waals surface area (Å²) in [7, 11) is 0. The predicted molar refractivity (Wildman–Crippen MR) is 131 cm³/mol. The molecule has 0 bridgehead atoms. The first-order valence-corrected chi connectivity index (χ1v) is 11.1. The van der Waals surface area contributed by atoms with Crippen molar-refractivity contribution in [2.24, 2.45) is 10.3 Å². The Morgan fingerprint density at radius 1 is 0.972 bits per heavy atom. The molecule has 3 aromatic rings. The van der Waals surface area contributed by atoms with Gasteiger partial charge in [0, 0.05) is 11.3 Å². The monoisotopic (exact) mass is 496 g/mol. The van der Waals surface area contributed by atoms with Crippen LogP contribution in [0, 0.1) is 13.8 Å². The fraction of sp³-hybridized carbons (Fsp3) is 0.192. The van der Waals surface area contributed by atoms with Crippen molar-refractivity contribution >= 4 is 23.6 Å². The zero-order chi connectivity index (χ0) is 25.7. The normalized spacial score (nSPS) is 14.1. The topological polar surface area (TPSA) is 84.3 Å². The van der Waals surface area contributed by atoms with Crippen LogP contribution in [0.3, 0.4) is 0 Å². The number of anilines is 1. The highest BCUT2D eigenvalue weighted by Crippen LogP contribution is 2.30. The van der Waals surface area contributed by atoms with Gasteiger partial charge in [-0.1, -0.05) is 23.4 Å². The van der Waals surface area contributed by atoms with E-state index in [0.29, 0.717) is 24.3 Å². The largest absolute Gasteiger partial charge is 0.573 e. The number of hydrazone groups is 1. The lowest BCUT2D eigenvalue weighted by molar-refractivity contribution is -0.274. The van der Waals surface area contributed by atoms with Crippen LogP contribution >= 0.6 is 0 Å². The number of urea groups is 1. The van der Waals surface area contributed by atoms with E-state index in [1.807, 2.05) is 32.0 Å². The highest BCUT2D eigenvalue weighted by molar-refractivity contribution is 6.04. The highest BCUT2D eigenvalue weighted by atomic mass is 19.4. The van der Waals surface area contributed by atoms with Gasteiger partial charge in [0.2, 0.25) is 0 Å². The lowest BCUT2D eigenvalue weighted by atomic mass is 10.1. The Bertz CT molecular complexity index is 1300. The van der Waals surface area contributed by atoms with Gasteiger partial charge in [-0.25, -0.2) is 10.2 Å². The molecule has 0 fully saturated rings. The summed E-state index contributed by atoms with van der Waals surface area (Å²) in [6, 6.07) is 16.3. The summed E-state index contributed by atoms with van der Waals surface area (Å²) < 4.78 is 41.2. The number of ether oxygens (including phenoxy) is 1. The van der Waals surface area contributed by atoms with Crippen molar-refractivity contribution < 1.29 is 27.5 Å². The molecule has 0 atom stereocenters. The van der Waals surface area contributed by atoms with Crippen LogP contribution < -0.4 is 20.3 Å². The number of carbonyl (C=O) groups is 1. The van der Waals surface area contributed by atoms with Crippen molar-refractivity contribution in [3.8, 4) is 11.5 Å². The second-order valence-corrected chi connectivity index (χ2v) is 8.16. The Balaban J connectivity index is 1.31. The smallest absolute Gasteiger partial charge is 0.406 e. The third kappa shape index (κ3) is 6.41. The summed E-state index contributed by atoms with van der Waals surface area (Å²) in [6.07, 6.45) is -2.14. The number of hydrogen-bond acceptors (Lipinski definition) is 5. The molecule has 0 saturated heterocycles. The van der Waals surface area contributed by atoms with Gasteiger partial charge < -0.3 is 14.9 Å². The standard InChI is InChI=1S/C26H23F3N4O3/c1-16-4-3-5-17(2)24(16)31-25(34)32-30-15-18-6-9-20(10-7-18)36-33-23-13-8-19-14-21(11-12-22(19)23)35-26(27,28)29/h3-7,9-12,14-15H,8,13H2,1-2H3,(H2,31,32,34)/b30-15+,33-23-. The van der Waals surface area contributed by atoms with Crippen LogP contribution in [0.4, 0.5) is 23.7 Å². The summed E-state index contributed by atoms with van der Waals surface area (Å²) >= 11 is 0. The molecule has 0 aromatic heterocycles. The molecule has 0 spiro atoms. The summed E-state index contributed by atoms with van der Waals surface area (Å²) in [5.41, 5.74) is 7.91. The van der Waals surface area contributed by atoms with E-state index in [1.165, 1.54) is 18.3 Å². The van der Waals surface area contributed by atoms with Crippen molar-refractivity contribution in [3.05, 3.63) is 88.5 Å². The summed E-state index contributed by atoms with van der Waals surface area (Å²) in [5, 5.41) is 10.9. The van der Waals surface area contributed by atoms with Gasteiger partial charge in [-0.05, 0) is 91.4 Å². The number of hydrogen-bond donors (Lipinski definition) is 2. The van der Waals surface area contributed by atoms with Gasteiger partial charge >= 0.3 is 12.4 Å². The van der Waals surface area contributed by atoms with Crippen molar-refractivity contribution in [2.75, 3.05) is 5.32 Å². The molecule has 0 saturated carbocycles. The summed E-state index contributed by atoms with van der Waals surface area (Å²) in [4.78, 5) is 17.6. The van der Waals surface area contributed by atoms with E-state index in [-0.39, 0.29) is 5.75 Å². The molecule has 4 rings (SSSR count). The van der Waals surface area contributed by atoms with Crippen LogP contribution in [0.25, 0.3) is 0 Å². The number of fused-ring (bicyclic) bond motifs is 1. The molecule has 1 aliphatic rings. The molecule has 1 aliphatic carbocycles. The Kier molecular flexibility index (Phi) is 7.23. The van der Waals surface area contributed by atoms with Crippen LogP contribution in [0.5, 0.6) is 11.5 Å². The Morgan fingerprint density at radius 2 is 1.67 bits per heavy atom. The summed E-state index contributed by atoms with van der Waals surface area (Å²) in [6.45, 7) is 3.82. The van der Waals surface area contributed by atoms with Crippen LogP contribution in [0.2, 0.25) is 0 Å². The number of aryl methyl sites for hydroxylation is 3. The van der Waals surface area contributed by atoms with Crippen molar-refractivity contribution in [3.63, 3.8) is 0 Å². The third-order valence-corrected chi connectivity index (χ3v) is 5.49. The Morgan fingerprint density at radius 3 is 2.36 bits per heavy atom. The Hall–Kier alpha value is -4.34. The summed E-state index contributed by atoms with van der Waals surface area (Å²) in [5.74, 6) is 0.226. The molecule has 2 N–H and O–H groups in total. The van der Waals surface area contributed by atoms with E-state index < -0.39 is 12.4 Å². The number of nitrogens with one attached hydrogen (secondary N) is 2. The van der Waals surface area contributed by atoms with Crippen molar-refractivity contribution in [2.45, 2.75) is 33.1 Å². The fourth-order valence-electron chi connectivity index (χ4n) is 3.78. The number of para-hydroxylation sites is 1. The number of benzene rings is 3. The molecular formula is C26H23F3N4O3. The van der Waals surface area contributed by atoms with Gasteiger partial charge in [0.1, 0.15) is 5.75 Å². The van der Waals surface area contributed by atoms with Crippen LogP contribution in [0.15, 0.2) is 70.9 Å². The van der Waals surface area contributed by atoms with E-state index in [1.54, 1.807) is 30.3 Å². The lowest BCUT2D eigenvalue weighted by Crippen LogP contribution is -2.25. The Labute approximate surface area is 205 Å². The van der Waals surface area contributed by atoms with Gasteiger partial charge in [0.15, 0.2) is 5.75 Å². The minimum absolute atomic E-state index is 0.252. The van der Waals surface area contributed by atoms with Gasteiger partial charge in [0.25, 0.3) is 0 Å². The first kappa shape index (κ1) is 24.8. The average molecular weight is 496 g/mol. The zero-order valence-electron chi connectivity index (χ0n) is 19.5. The minimum Gasteiger partial charge on any atom is -0.406 e. The maximum atomic E-state index is 12.4.